The third-order valence-electron chi connectivity index (χ3n) is 3.41. The summed E-state index contributed by atoms with van der Waals surface area (Å²) in [6, 6.07) is 1.53. The van der Waals surface area contributed by atoms with E-state index in [9.17, 15) is 39.5 Å². The van der Waals surface area contributed by atoms with Crippen LogP contribution >= 0.6 is 0 Å². The third kappa shape index (κ3) is 4.75. The van der Waals surface area contributed by atoms with Gasteiger partial charge in [0.15, 0.2) is 17.1 Å². The molecule has 159 valence electrons. The predicted molar refractivity (Wildman–Crippen MR) is 71.5 cm³/mol. The minimum Gasteiger partial charge on any atom is -0.227 e. The molecule has 0 aliphatic carbocycles. The standard InChI is InChI=1S/C13H7F9N6.Mn/c14-11(15,16)7-1-4-26(23-7)10(27-5-2-8(24-27)12(17,18)19)28-6-3-9(25-28)13(20,21)22;/h1-6,10H;. The number of nitrogens with zero attached hydrogens (tertiary/aromatic N) is 6. The van der Waals surface area contributed by atoms with Crippen molar-refractivity contribution >= 4 is 0 Å². The average Bonchev–Trinajstić information content (AvgIpc) is 3.26. The summed E-state index contributed by atoms with van der Waals surface area (Å²) < 4.78 is 116. The van der Waals surface area contributed by atoms with E-state index in [-0.39, 0.29) is 17.1 Å². The second kappa shape index (κ2) is 7.40. The zero-order chi connectivity index (χ0) is 20.9. The van der Waals surface area contributed by atoms with Gasteiger partial charge >= 0.3 is 18.5 Å². The maximum atomic E-state index is 12.8. The Kier molecular flexibility index (Phi) is 5.82. The van der Waals surface area contributed by atoms with Crippen molar-refractivity contribution in [1.82, 2.24) is 29.3 Å². The fourth-order valence-corrected chi connectivity index (χ4v) is 2.22. The maximum absolute atomic E-state index is 12.8. The molecule has 3 heterocycles. The van der Waals surface area contributed by atoms with Gasteiger partial charge in [0.05, 0.1) is 0 Å². The summed E-state index contributed by atoms with van der Waals surface area (Å²) in [6.45, 7) is 0. The minimum atomic E-state index is -4.88. The number of halogens is 9. The Morgan fingerprint density at radius 1 is 0.552 bits per heavy atom. The van der Waals surface area contributed by atoms with E-state index in [1.165, 1.54) is 0 Å². The molecule has 0 N–H and O–H groups in total. The van der Waals surface area contributed by atoms with E-state index in [0.717, 1.165) is 18.6 Å². The van der Waals surface area contributed by atoms with Gasteiger partial charge in [0.2, 0.25) is 6.29 Å². The van der Waals surface area contributed by atoms with Gasteiger partial charge in [0.25, 0.3) is 0 Å². The fraction of sp³-hybridized carbons (Fsp3) is 0.308. The summed E-state index contributed by atoms with van der Waals surface area (Å²) >= 11 is 0. The van der Waals surface area contributed by atoms with Crippen LogP contribution in [0.3, 0.4) is 0 Å². The van der Waals surface area contributed by atoms with Crippen molar-refractivity contribution in [2.24, 2.45) is 0 Å². The molecule has 0 aliphatic rings. The first kappa shape index (κ1) is 22.8. The van der Waals surface area contributed by atoms with Gasteiger partial charge < -0.3 is 0 Å². The molecule has 6 nitrogen and oxygen atoms in total. The molecule has 16 heteroatoms. The largest absolute Gasteiger partial charge is 0.435 e. The zero-order valence-electron chi connectivity index (χ0n) is 13.5. The predicted octanol–water partition coefficient (Wildman–Crippen LogP) is 3.88. The molecule has 3 aromatic heterocycles. The smallest absolute Gasteiger partial charge is 0.227 e. The molecule has 1 radical (unpaired) electrons. The minimum absolute atomic E-state index is 0. The van der Waals surface area contributed by atoms with Gasteiger partial charge in [-0.05, 0) is 18.2 Å². The van der Waals surface area contributed by atoms with Crippen LogP contribution in [0.1, 0.15) is 23.4 Å². The summed E-state index contributed by atoms with van der Waals surface area (Å²) in [5, 5.41) is 9.55. The van der Waals surface area contributed by atoms with Crippen LogP contribution in [0, 0.1) is 0 Å². The Hall–Kier alpha value is -2.48. The molecule has 0 unspecified atom stereocenters. The molecule has 0 fully saturated rings. The quantitative estimate of drug-likeness (QED) is 0.429. The summed E-state index contributed by atoms with van der Waals surface area (Å²) in [4.78, 5) is 0. The molecule has 0 aromatic carbocycles. The number of hydrogen-bond acceptors (Lipinski definition) is 3. The summed E-state index contributed by atoms with van der Waals surface area (Å²) in [7, 11) is 0. The Morgan fingerprint density at radius 2 is 0.793 bits per heavy atom. The van der Waals surface area contributed by atoms with E-state index in [1.54, 1.807) is 0 Å². The number of alkyl halides is 9. The molecule has 3 rings (SSSR count). The third-order valence-corrected chi connectivity index (χ3v) is 3.41. The Morgan fingerprint density at radius 3 is 0.966 bits per heavy atom. The molecule has 3 aromatic rings. The SMILES string of the molecule is FC(F)(F)c1ccn(C(n2ccc(C(F)(F)F)n2)n2ccc(C(F)(F)F)n2)n1.[Mn]. The van der Waals surface area contributed by atoms with Crippen LogP contribution in [0.15, 0.2) is 36.8 Å². The van der Waals surface area contributed by atoms with Crippen LogP contribution in [-0.2, 0) is 35.6 Å². The van der Waals surface area contributed by atoms with Gasteiger partial charge in [-0.1, -0.05) is 0 Å². The number of hydrogen-bond donors (Lipinski definition) is 0. The molecular weight excluding hydrogens is 466 g/mol. The van der Waals surface area contributed by atoms with Gasteiger partial charge in [-0.25, -0.2) is 14.0 Å². The fourth-order valence-electron chi connectivity index (χ4n) is 2.22. The first-order valence-electron chi connectivity index (χ1n) is 7.14. The summed E-state index contributed by atoms with van der Waals surface area (Å²) in [5.41, 5.74) is -4.20. The van der Waals surface area contributed by atoms with E-state index in [1.807, 2.05) is 0 Å². The second-order valence-corrected chi connectivity index (χ2v) is 5.38. The monoisotopic (exact) mass is 473 g/mol. The van der Waals surface area contributed by atoms with Crippen LogP contribution in [0.4, 0.5) is 39.5 Å². The van der Waals surface area contributed by atoms with E-state index in [0.29, 0.717) is 32.2 Å². The first-order valence-corrected chi connectivity index (χ1v) is 7.14. The summed E-state index contributed by atoms with van der Waals surface area (Å²) in [6.07, 6.45) is -14.2. The van der Waals surface area contributed by atoms with Crippen molar-refractivity contribution < 1.29 is 56.6 Å². The average molecular weight is 473 g/mol. The molecule has 0 bridgehead atoms. The molecule has 29 heavy (non-hydrogen) atoms. The van der Waals surface area contributed by atoms with Crippen molar-refractivity contribution in [3.63, 3.8) is 0 Å². The topological polar surface area (TPSA) is 53.5 Å². The first-order chi connectivity index (χ1) is 12.8. The van der Waals surface area contributed by atoms with Crippen LogP contribution < -0.4 is 0 Å². The molecule has 0 saturated heterocycles. The van der Waals surface area contributed by atoms with Crippen molar-refractivity contribution in [2.45, 2.75) is 24.8 Å². The van der Waals surface area contributed by atoms with Crippen LogP contribution in [0.25, 0.3) is 0 Å². The molecule has 0 atom stereocenters. The molecular formula is C13H7F9MnN6. The zero-order valence-corrected chi connectivity index (χ0v) is 14.7. The van der Waals surface area contributed by atoms with E-state index in [2.05, 4.69) is 15.3 Å². The normalized spacial score (nSPS) is 13.0. The van der Waals surface area contributed by atoms with E-state index < -0.39 is 41.9 Å². The van der Waals surface area contributed by atoms with Gasteiger partial charge in [-0.15, -0.1) is 0 Å². The Balaban J connectivity index is 0.00000300. The second-order valence-electron chi connectivity index (χ2n) is 5.38. The molecule has 0 saturated carbocycles. The van der Waals surface area contributed by atoms with Gasteiger partial charge in [-0.2, -0.15) is 54.8 Å². The molecule has 0 amide bonds. The summed E-state index contributed by atoms with van der Waals surface area (Å²) in [5.74, 6) is 0. The van der Waals surface area contributed by atoms with Crippen molar-refractivity contribution in [1.29, 1.82) is 0 Å². The molecule has 0 spiro atoms. The molecule has 0 aliphatic heterocycles. The van der Waals surface area contributed by atoms with Gasteiger partial charge in [-0.3, -0.25) is 0 Å². The number of rotatable bonds is 3. The number of aromatic nitrogens is 6. The van der Waals surface area contributed by atoms with E-state index >= 15 is 0 Å². The Labute approximate surface area is 165 Å². The van der Waals surface area contributed by atoms with Crippen LogP contribution in [-0.4, -0.2) is 29.3 Å². The van der Waals surface area contributed by atoms with Crippen molar-refractivity contribution in [3.05, 3.63) is 53.9 Å². The Bertz CT molecular complexity index is 840. The van der Waals surface area contributed by atoms with Crippen molar-refractivity contribution in [3.8, 4) is 0 Å². The van der Waals surface area contributed by atoms with Gasteiger partial charge in [0, 0.05) is 35.7 Å². The maximum Gasteiger partial charge on any atom is 0.435 e. The van der Waals surface area contributed by atoms with Crippen LogP contribution in [0.5, 0.6) is 0 Å². The van der Waals surface area contributed by atoms with E-state index in [4.69, 9.17) is 0 Å². The van der Waals surface area contributed by atoms with Gasteiger partial charge in [0.1, 0.15) is 0 Å². The van der Waals surface area contributed by atoms with Crippen molar-refractivity contribution in [2.75, 3.05) is 0 Å². The van der Waals surface area contributed by atoms with Crippen LogP contribution in [0.2, 0.25) is 0 Å².